The topological polar surface area (TPSA) is 82.0 Å². The zero-order chi connectivity index (χ0) is 17.2. The predicted molar refractivity (Wildman–Crippen MR) is 100.0 cm³/mol. The first-order chi connectivity index (χ1) is 12.2. The number of thioether (sulfide) groups is 1. The summed E-state index contributed by atoms with van der Waals surface area (Å²) in [5.41, 5.74) is 10.5. The highest BCUT2D eigenvalue weighted by atomic mass is 32.2. The number of hydrogen-bond acceptors (Lipinski definition) is 6. The SMILES string of the molecule is Cn1cc(C2CC(c3cccc(-c4cncnc4)c3)N=C(N)S2)cn1. The molecule has 0 saturated heterocycles. The van der Waals surface area contributed by atoms with Crippen LogP contribution in [0.15, 0.2) is 60.4 Å². The molecule has 4 rings (SSSR count). The summed E-state index contributed by atoms with van der Waals surface area (Å²) in [5.74, 6) is 0. The maximum atomic E-state index is 6.11. The van der Waals surface area contributed by atoms with E-state index in [2.05, 4.69) is 38.3 Å². The van der Waals surface area contributed by atoms with E-state index in [1.807, 2.05) is 42.6 Å². The van der Waals surface area contributed by atoms with E-state index in [1.165, 1.54) is 11.9 Å². The minimum Gasteiger partial charge on any atom is -0.379 e. The van der Waals surface area contributed by atoms with Crippen LogP contribution in [0.1, 0.15) is 28.8 Å². The number of benzene rings is 1. The molecule has 2 atom stereocenters. The highest BCUT2D eigenvalue weighted by molar-refractivity contribution is 8.14. The van der Waals surface area contributed by atoms with E-state index in [4.69, 9.17) is 5.73 Å². The van der Waals surface area contributed by atoms with Gasteiger partial charge in [-0.25, -0.2) is 9.97 Å². The van der Waals surface area contributed by atoms with Gasteiger partial charge in [-0.05, 0) is 23.6 Å². The highest BCUT2D eigenvalue weighted by Gasteiger charge is 2.27. The van der Waals surface area contributed by atoms with Crippen LogP contribution < -0.4 is 5.73 Å². The molecule has 1 aliphatic rings. The van der Waals surface area contributed by atoms with E-state index in [9.17, 15) is 0 Å². The van der Waals surface area contributed by atoms with Crippen molar-refractivity contribution >= 4 is 16.9 Å². The second kappa shape index (κ2) is 6.68. The molecule has 0 radical (unpaired) electrons. The van der Waals surface area contributed by atoms with Crippen LogP contribution in [0, 0.1) is 0 Å². The maximum Gasteiger partial charge on any atom is 0.155 e. The molecular formula is C18H18N6S. The van der Waals surface area contributed by atoms with Gasteiger partial charge < -0.3 is 5.73 Å². The van der Waals surface area contributed by atoms with Crippen LogP contribution in [0.2, 0.25) is 0 Å². The molecule has 0 saturated carbocycles. The number of nitrogens with zero attached hydrogens (tertiary/aromatic N) is 5. The van der Waals surface area contributed by atoms with Crippen molar-refractivity contribution in [3.8, 4) is 11.1 Å². The Morgan fingerprint density at radius 2 is 1.96 bits per heavy atom. The molecule has 2 unspecified atom stereocenters. The fraction of sp³-hybridized carbons (Fsp3) is 0.222. The van der Waals surface area contributed by atoms with Crippen LogP contribution in [0.25, 0.3) is 11.1 Å². The summed E-state index contributed by atoms with van der Waals surface area (Å²) in [6, 6.07) is 8.40. The smallest absolute Gasteiger partial charge is 0.155 e. The van der Waals surface area contributed by atoms with E-state index in [0.717, 1.165) is 23.1 Å². The number of nitrogens with two attached hydrogens (primary N) is 1. The predicted octanol–water partition coefficient (Wildman–Crippen LogP) is 3.11. The van der Waals surface area contributed by atoms with Crippen molar-refractivity contribution in [2.24, 2.45) is 17.8 Å². The lowest BCUT2D eigenvalue weighted by Crippen LogP contribution is -2.18. The zero-order valence-electron chi connectivity index (χ0n) is 13.8. The standard InChI is InChI=1S/C18H18N6S/c1-24-10-15(9-22-24)17-6-16(23-18(19)25-17)13-4-2-3-12(5-13)14-7-20-11-21-8-14/h2-5,7-11,16-17H,6H2,1H3,(H2,19,23). The van der Waals surface area contributed by atoms with Gasteiger partial charge in [-0.15, -0.1) is 0 Å². The van der Waals surface area contributed by atoms with Gasteiger partial charge in [0.1, 0.15) is 6.33 Å². The first kappa shape index (κ1) is 15.8. The van der Waals surface area contributed by atoms with Gasteiger partial charge in [-0.3, -0.25) is 9.67 Å². The minimum atomic E-state index is 0.0380. The fourth-order valence-electron chi connectivity index (χ4n) is 3.03. The summed E-state index contributed by atoms with van der Waals surface area (Å²) < 4.78 is 1.82. The molecule has 1 aromatic carbocycles. The maximum absolute atomic E-state index is 6.11. The Labute approximate surface area is 150 Å². The summed E-state index contributed by atoms with van der Waals surface area (Å²) in [5, 5.41) is 5.16. The second-order valence-corrected chi connectivity index (χ2v) is 7.25. The normalized spacial score (nSPS) is 20.3. The van der Waals surface area contributed by atoms with Gasteiger partial charge in [-0.2, -0.15) is 5.10 Å². The van der Waals surface area contributed by atoms with Gasteiger partial charge in [0.25, 0.3) is 0 Å². The van der Waals surface area contributed by atoms with E-state index in [0.29, 0.717) is 5.17 Å². The van der Waals surface area contributed by atoms with Crippen molar-refractivity contribution in [3.05, 3.63) is 66.5 Å². The van der Waals surface area contributed by atoms with Crippen molar-refractivity contribution in [2.75, 3.05) is 0 Å². The Bertz CT molecular complexity index is 905. The molecule has 3 heterocycles. The van der Waals surface area contributed by atoms with Gasteiger partial charge in [0, 0.05) is 42.0 Å². The Kier molecular flexibility index (Phi) is 4.23. The van der Waals surface area contributed by atoms with Crippen LogP contribution in [0.5, 0.6) is 0 Å². The van der Waals surface area contributed by atoms with E-state index in [1.54, 1.807) is 11.8 Å². The van der Waals surface area contributed by atoms with Crippen LogP contribution >= 0.6 is 11.8 Å². The summed E-state index contributed by atoms with van der Waals surface area (Å²) in [7, 11) is 1.93. The molecular weight excluding hydrogens is 332 g/mol. The minimum absolute atomic E-state index is 0.0380. The van der Waals surface area contributed by atoms with Crippen molar-refractivity contribution in [1.29, 1.82) is 0 Å². The number of aliphatic imine (C=N–C) groups is 1. The number of aromatic nitrogens is 4. The first-order valence-corrected chi connectivity index (χ1v) is 8.91. The molecule has 7 heteroatoms. The monoisotopic (exact) mass is 350 g/mol. The Hall–Kier alpha value is -2.67. The Balaban J connectivity index is 1.64. The van der Waals surface area contributed by atoms with Crippen molar-refractivity contribution < 1.29 is 0 Å². The number of hydrogen-bond donors (Lipinski definition) is 1. The molecule has 2 N–H and O–H groups in total. The molecule has 0 fully saturated rings. The van der Waals surface area contributed by atoms with Crippen molar-refractivity contribution in [2.45, 2.75) is 17.7 Å². The van der Waals surface area contributed by atoms with E-state index in [-0.39, 0.29) is 11.3 Å². The Morgan fingerprint density at radius 1 is 1.12 bits per heavy atom. The van der Waals surface area contributed by atoms with Gasteiger partial charge >= 0.3 is 0 Å². The average molecular weight is 350 g/mol. The van der Waals surface area contributed by atoms with Crippen molar-refractivity contribution in [3.63, 3.8) is 0 Å². The molecule has 3 aromatic rings. The van der Waals surface area contributed by atoms with Crippen LogP contribution in [0.4, 0.5) is 0 Å². The third-order valence-corrected chi connectivity index (χ3v) is 5.34. The number of aryl methyl sites for hydroxylation is 1. The molecule has 1 aliphatic heterocycles. The first-order valence-electron chi connectivity index (χ1n) is 8.03. The average Bonchev–Trinajstić information content (AvgIpc) is 3.09. The molecule has 25 heavy (non-hydrogen) atoms. The summed E-state index contributed by atoms with van der Waals surface area (Å²) >= 11 is 1.61. The lowest BCUT2D eigenvalue weighted by molar-refractivity contribution is 0.639. The molecule has 0 aliphatic carbocycles. The van der Waals surface area contributed by atoms with Gasteiger partial charge in [-0.1, -0.05) is 30.0 Å². The lowest BCUT2D eigenvalue weighted by atomic mass is 9.97. The molecule has 6 nitrogen and oxygen atoms in total. The van der Waals surface area contributed by atoms with E-state index >= 15 is 0 Å². The number of rotatable bonds is 3. The van der Waals surface area contributed by atoms with Crippen LogP contribution in [-0.2, 0) is 7.05 Å². The summed E-state index contributed by atoms with van der Waals surface area (Å²) in [4.78, 5) is 12.9. The lowest BCUT2D eigenvalue weighted by Gasteiger charge is -2.25. The second-order valence-electron chi connectivity index (χ2n) is 6.03. The zero-order valence-corrected chi connectivity index (χ0v) is 14.6. The quantitative estimate of drug-likeness (QED) is 0.785. The molecule has 0 spiro atoms. The third kappa shape index (κ3) is 3.41. The van der Waals surface area contributed by atoms with Crippen LogP contribution in [0.3, 0.4) is 0 Å². The molecule has 2 aromatic heterocycles. The van der Waals surface area contributed by atoms with Gasteiger partial charge in [0.15, 0.2) is 5.17 Å². The van der Waals surface area contributed by atoms with Gasteiger partial charge in [0.05, 0.1) is 12.2 Å². The summed E-state index contributed by atoms with van der Waals surface area (Å²) in [6.07, 6.45) is 10.0. The molecule has 0 amide bonds. The largest absolute Gasteiger partial charge is 0.379 e. The highest BCUT2D eigenvalue weighted by Crippen LogP contribution is 2.43. The van der Waals surface area contributed by atoms with Crippen molar-refractivity contribution in [1.82, 2.24) is 19.7 Å². The molecule has 0 bridgehead atoms. The van der Waals surface area contributed by atoms with E-state index < -0.39 is 0 Å². The number of amidine groups is 1. The van der Waals surface area contributed by atoms with Gasteiger partial charge in [0.2, 0.25) is 0 Å². The molecule has 126 valence electrons. The summed E-state index contributed by atoms with van der Waals surface area (Å²) in [6.45, 7) is 0. The third-order valence-electron chi connectivity index (χ3n) is 4.25. The van der Waals surface area contributed by atoms with Crippen LogP contribution in [-0.4, -0.2) is 24.9 Å². The Morgan fingerprint density at radius 3 is 2.72 bits per heavy atom. The fourth-order valence-corrected chi connectivity index (χ4v) is 4.04.